The van der Waals surface area contributed by atoms with Crippen LogP contribution in [0.2, 0.25) is 0 Å². The van der Waals surface area contributed by atoms with Gasteiger partial charge < -0.3 is 0 Å². The molecular weight excluding hydrogens is 216 g/mol. The number of nitrogens with zero attached hydrogens (tertiary/aromatic N) is 4. The Hall–Kier alpha value is -2.04. The third-order valence-corrected chi connectivity index (χ3v) is 2.63. The molecule has 0 bridgehead atoms. The van der Waals surface area contributed by atoms with Crippen molar-refractivity contribution in [3.63, 3.8) is 0 Å². The summed E-state index contributed by atoms with van der Waals surface area (Å²) in [7, 11) is 0. The number of carbonyl (C=O) groups is 1. The second kappa shape index (κ2) is 4.08. The van der Waals surface area contributed by atoms with Crippen molar-refractivity contribution in [1.82, 2.24) is 19.7 Å². The molecule has 0 N–H and O–H groups in total. The highest BCUT2D eigenvalue weighted by Crippen LogP contribution is 2.14. The fraction of sp³-hybridized carbons (Fsp3) is 0.333. The number of carbonyl (C=O) groups excluding carboxylic acids is 1. The quantitative estimate of drug-likeness (QED) is 0.737. The second-order valence-electron chi connectivity index (χ2n) is 4.06. The minimum atomic E-state index is 0.510. The van der Waals surface area contributed by atoms with E-state index in [0.29, 0.717) is 17.2 Å². The van der Waals surface area contributed by atoms with E-state index >= 15 is 0 Å². The number of rotatable bonds is 2. The molecule has 0 aliphatic carbocycles. The fourth-order valence-corrected chi connectivity index (χ4v) is 1.82. The van der Waals surface area contributed by atoms with E-state index in [1.807, 2.05) is 26.8 Å². The summed E-state index contributed by atoms with van der Waals surface area (Å²) in [5.74, 6) is 0.510. The van der Waals surface area contributed by atoms with Crippen LogP contribution >= 0.6 is 0 Å². The summed E-state index contributed by atoms with van der Waals surface area (Å²) in [6.45, 7) is 7.45. The molecule has 0 aliphatic heterocycles. The van der Waals surface area contributed by atoms with Gasteiger partial charge in [0.25, 0.3) is 5.95 Å². The monoisotopic (exact) mass is 230 g/mol. The molecular formula is C12H14N4O. The standard InChI is InChI=1S/C12H14N4O/c1-7-5-8(2)14-12(13-7)16-10(4)11(6-17)9(3)15-16/h5-6H,1-4H3. The van der Waals surface area contributed by atoms with Crippen LogP contribution in [-0.4, -0.2) is 26.0 Å². The van der Waals surface area contributed by atoms with Gasteiger partial charge in [0.15, 0.2) is 6.29 Å². The van der Waals surface area contributed by atoms with E-state index in [2.05, 4.69) is 15.1 Å². The van der Waals surface area contributed by atoms with Gasteiger partial charge in [-0.25, -0.2) is 14.6 Å². The van der Waals surface area contributed by atoms with Crippen molar-refractivity contribution in [3.05, 3.63) is 34.4 Å². The minimum absolute atomic E-state index is 0.510. The normalized spacial score (nSPS) is 10.6. The van der Waals surface area contributed by atoms with Crippen molar-refractivity contribution in [3.8, 4) is 5.95 Å². The Morgan fingerprint density at radius 2 is 1.71 bits per heavy atom. The lowest BCUT2D eigenvalue weighted by molar-refractivity contribution is 0.112. The average Bonchev–Trinajstić information content (AvgIpc) is 2.52. The SMILES string of the molecule is Cc1cc(C)nc(-n2nc(C)c(C=O)c2C)n1. The molecule has 2 aromatic rings. The highest BCUT2D eigenvalue weighted by atomic mass is 16.1. The van der Waals surface area contributed by atoms with Gasteiger partial charge in [-0.2, -0.15) is 5.10 Å². The van der Waals surface area contributed by atoms with Crippen molar-refractivity contribution < 1.29 is 4.79 Å². The predicted molar refractivity (Wildman–Crippen MR) is 63.5 cm³/mol. The molecule has 0 atom stereocenters. The lowest BCUT2D eigenvalue weighted by atomic mass is 10.2. The van der Waals surface area contributed by atoms with E-state index in [4.69, 9.17) is 0 Å². The second-order valence-corrected chi connectivity index (χ2v) is 4.06. The van der Waals surface area contributed by atoms with E-state index < -0.39 is 0 Å². The summed E-state index contributed by atoms with van der Waals surface area (Å²) >= 11 is 0. The third-order valence-electron chi connectivity index (χ3n) is 2.63. The lowest BCUT2D eigenvalue weighted by Gasteiger charge is -2.04. The van der Waals surface area contributed by atoms with Crippen LogP contribution in [0.3, 0.4) is 0 Å². The summed E-state index contributed by atoms with van der Waals surface area (Å²) < 4.78 is 1.61. The van der Waals surface area contributed by atoms with Crippen molar-refractivity contribution in [2.24, 2.45) is 0 Å². The molecule has 17 heavy (non-hydrogen) atoms. The first kappa shape index (κ1) is 11.4. The molecule has 5 heteroatoms. The molecule has 0 aliphatic rings. The Morgan fingerprint density at radius 1 is 1.12 bits per heavy atom. The number of hydrogen-bond donors (Lipinski definition) is 0. The number of aldehydes is 1. The van der Waals surface area contributed by atoms with Crippen LogP contribution in [0, 0.1) is 27.7 Å². The summed E-state index contributed by atoms with van der Waals surface area (Å²) in [5, 5.41) is 4.29. The molecule has 2 aromatic heterocycles. The molecule has 2 rings (SSSR count). The van der Waals surface area contributed by atoms with Gasteiger partial charge in [-0.05, 0) is 33.8 Å². The Kier molecular flexibility index (Phi) is 2.75. The fourth-order valence-electron chi connectivity index (χ4n) is 1.82. The summed E-state index contributed by atoms with van der Waals surface area (Å²) in [6, 6.07) is 1.90. The zero-order chi connectivity index (χ0) is 12.6. The smallest absolute Gasteiger partial charge is 0.251 e. The van der Waals surface area contributed by atoms with Crippen LogP contribution in [0.5, 0.6) is 0 Å². The molecule has 0 unspecified atom stereocenters. The van der Waals surface area contributed by atoms with Gasteiger partial charge in [0.1, 0.15) is 0 Å². The molecule has 0 fully saturated rings. The van der Waals surface area contributed by atoms with Gasteiger partial charge in [0.2, 0.25) is 0 Å². The molecule has 0 saturated heterocycles. The molecule has 0 spiro atoms. The van der Waals surface area contributed by atoms with E-state index in [0.717, 1.165) is 23.4 Å². The Labute approximate surface area is 99.5 Å². The number of hydrogen-bond acceptors (Lipinski definition) is 4. The van der Waals surface area contributed by atoms with Gasteiger partial charge >= 0.3 is 0 Å². The van der Waals surface area contributed by atoms with E-state index in [1.165, 1.54) is 0 Å². The first-order chi connectivity index (χ1) is 8.02. The van der Waals surface area contributed by atoms with Crippen molar-refractivity contribution >= 4 is 6.29 Å². The maximum Gasteiger partial charge on any atom is 0.251 e. The molecule has 5 nitrogen and oxygen atoms in total. The van der Waals surface area contributed by atoms with Crippen LogP contribution < -0.4 is 0 Å². The van der Waals surface area contributed by atoms with Crippen LogP contribution in [0.1, 0.15) is 33.1 Å². The van der Waals surface area contributed by atoms with Gasteiger partial charge in [-0.3, -0.25) is 4.79 Å². The number of aryl methyl sites for hydroxylation is 3. The van der Waals surface area contributed by atoms with Crippen LogP contribution in [0.25, 0.3) is 5.95 Å². The van der Waals surface area contributed by atoms with Gasteiger partial charge in [0.05, 0.1) is 17.0 Å². The number of aromatic nitrogens is 4. The van der Waals surface area contributed by atoms with E-state index in [-0.39, 0.29) is 0 Å². The molecule has 88 valence electrons. The molecule has 2 heterocycles. The first-order valence-corrected chi connectivity index (χ1v) is 5.37. The minimum Gasteiger partial charge on any atom is -0.298 e. The topological polar surface area (TPSA) is 60.7 Å². The van der Waals surface area contributed by atoms with Crippen LogP contribution in [0.4, 0.5) is 0 Å². The highest BCUT2D eigenvalue weighted by molar-refractivity contribution is 5.78. The first-order valence-electron chi connectivity index (χ1n) is 5.37. The molecule has 0 radical (unpaired) electrons. The Bertz CT molecular complexity index is 566. The maximum absolute atomic E-state index is 10.9. The maximum atomic E-state index is 10.9. The Balaban J connectivity index is 2.64. The van der Waals surface area contributed by atoms with Crippen molar-refractivity contribution in [1.29, 1.82) is 0 Å². The highest BCUT2D eigenvalue weighted by Gasteiger charge is 2.13. The summed E-state index contributed by atoms with van der Waals surface area (Å²) in [4.78, 5) is 19.6. The zero-order valence-corrected chi connectivity index (χ0v) is 10.4. The van der Waals surface area contributed by atoms with E-state index in [1.54, 1.807) is 11.6 Å². The van der Waals surface area contributed by atoms with Crippen molar-refractivity contribution in [2.45, 2.75) is 27.7 Å². The molecule has 0 aromatic carbocycles. The molecule has 0 saturated carbocycles. The van der Waals surface area contributed by atoms with E-state index in [9.17, 15) is 4.79 Å². The Morgan fingerprint density at radius 3 is 2.18 bits per heavy atom. The average molecular weight is 230 g/mol. The van der Waals surface area contributed by atoms with Gasteiger partial charge in [-0.1, -0.05) is 0 Å². The summed E-state index contributed by atoms with van der Waals surface area (Å²) in [6.07, 6.45) is 0.816. The van der Waals surface area contributed by atoms with Gasteiger partial charge in [0, 0.05) is 11.4 Å². The molecule has 0 amide bonds. The van der Waals surface area contributed by atoms with Gasteiger partial charge in [-0.15, -0.1) is 0 Å². The lowest BCUT2D eigenvalue weighted by Crippen LogP contribution is -2.07. The van der Waals surface area contributed by atoms with Crippen LogP contribution in [-0.2, 0) is 0 Å². The predicted octanol–water partition coefficient (Wildman–Crippen LogP) is 1.71. The zero-order valence-electron chi connectivity index (χ0n) is 10.4. The van der Waals surface area contributed by atoms with Crippen LogP contribution in [0.15, 0.2) is 6.07 Å². The largest absolute Gasteiger partial charge is 0.298 e. The third kappa shape index (κ3) is 1.95. The van der Waals surface area contributed by atoms with Crippen molar-refractivity contribution in [2.75, 3.05) is 0 Å². The summed E-state index contributed by atoms with van der Waals surface area (Å²) in [5.41, 5.74) is 3.83.